The third-order valence-corrected chi connectivity index (χ3v) is 3.25. The van der Waals surface area contributed by atoms with Crippen molar-refractivity contribution in [3.63, 3.8) is 0 Å². The molecule has 1 aliphatic rings. The third kappa shape index (κ3) is 1.53. The van der Waals surface area contributed by atoms with Gasteiger partial charge in [0.25, 0.3) is 5.78 Å². The fourth-order valence-corrected chi connectivity index (χ4v) is 2.54. The number of Topliss-reactive ketones (excluding diaryl/α,β-unsaturated/α-hetero) is 1. The maximum Gasteiger partial charge on any atom is 0.377 e. The van der Waals surface area contributed by atoms with E-state index in [4.69, 9.17) is 5.11 Å². The number of thioether (sulfide) groups is 1. The molecular formula is C10H8O3S. The Bertz CT molecular complexity index is 412. The molecule has 1 aliphatic heterocycles. The van der Waals surface area contributed by atoms with Crippen LogP contribution >= 0.6 is 11.8 Å². The molecule has 72 valence electrons. The van der Waals surface area contributed by atoms with Crippen LogP contribution in [0, 0.1) is 0 Å². The zero-order chi connectivity index (χ0) is 10.1. The predicted octanol–water partition coefficient (Wildman–Crippen LogP) is 1.60. The molecule has 0 radical (unpaired) electrons. The minimum Gasteiger partial charge on any atom is -0.475 e. The van der Waals surface area contributed by atoms with Crippen LogP contribution in [0.4, 0.5) is 0 Å². The number of fused-ring (bicyclic) bond motifs is 1. The zero-order valence-electron chi connectivity index (χ0n) is 7.32. The molecule has 0 atom stereocenters. The Labute approximate surface area is 85.1 Å². The summed E-state index contributed by atoms with van der Waals surface area (Å²) in [5.74, 6) is -1.21. The Balaban J connectivity index is 2.38. The van der Waals surface area contributed by atoms with E-state index in [1.54, 1.807) is 23.9 Å². The van der Waals surface area contributed by atoms with Gasteiger partial charge in [-0.15, -0.1) is 11.8 Å². The molecule has 1 heterocycles. The van der Waals surface area contributed by atoms with E-state index >= 15 is 0 Å². The molecule has 0 aliphatic carbocycles. The van der Waals surface area contributed by atoms with E-state index in [9.17, 15) is 9.59 Å². The highest BCUT2D eigenvalue weighted by molar-refractivity contribution is 7.99. The number of carbonyl (C=O) groups is 2. The molecule has 14 heavy (non-hydrogen) atoms. The fraction of sp³-hybridized carbons (Fsp3) is 0.200. The van der Waals surface area contributed by atoms with Crippen molar-refractivity contribution in [2.24, 2.45) is 0 Å². The molecular weight excluding hydrogens is 200 g/mol. The first-order valence-electron chi connectivity index (χ1n) is 4.22. The number of aryl methyl sites for hydroxylation is 1. The quantitative estimate of drug-likeness (QED) is 0.592. The number of carboxylic acids is 1. The molecule has 1 aromatic carbocycles. The van der Waals surface area contributed by atoms with E-state index in [0.29, 0.717) is 0 Å². The second-order valence-corrected chi connectivity index (χ2v) is 4.19. The number of hydrogen-bond donors (Lipinski definition) is 1. The molecule has 1 aromatic rings. The first kappa shape index (κ1) is 9.27. The van der Waals surface area contributed by atoms with Gasteiger partial charge in [0, 0.05) is 16.2 Å². The van der Waals surface area contributed by atoms with Gasteiger partial charge in [-0.1, -0.05) is 12.1 Å². The molecule has 0 spiro atoms. The van der Waals surface area contributed by atoms with Gasteiger partial charge in [0.05, 0.1) is 0 Å². The number of ketones is 1. The van der Waals surface area contributed by atoms with Crippen molar-refractivity contribution in [3.05, 3.63) is 29.3 Å². The summed E-state index contributed by atoms with van der Waals surface area (Å²) < 4.78 is 0. The molecule has 0 bridgehead atoms. The van der Waals surface area contributed by atoms with Crippen LogP contribution in [0.15, 0.2) is 23.1 Å². The summed E-state index contributed by atoms with van der Waals surface area (Å²) in [5.41, 5.74) is 1.47. The minimum atomic E-state index is -1.40. The van der Waals surface area contributed by atoms with Crippen LogP contribution in [-0.4, -0.2) is 22.6 Å². The summed E-state index contributed by atoms with van der Waals surface area (Å²) in [6.45, 7) is 0. The van der Waals surface area contributed by atoms with Crippen LogP contribution in [-0.2, 0) is 11.2 Å². The van der Waals surface area contributed by atoms with Crippen LogP contribution < -0.4 is 0 Å². The van der Waals surface area contributed by atoms with Crippen molar-refractivity contribution in [2.75, 3.05) is 5.75 Å². The van der Waals surface area contributed by atoms with Crippen LogP contribution in [0.1, 0.15) is 15.9 Å². The summed E-state index contributed by atoms with van der Waals surface area (Å²) in [7, 11) is 0. The van der Waals surface area contributed by atoms with Gasteiger partial charge in [0.15, 0.2) is 0 Å². The normalized spacial score (nSPS) is 13.7. The van der Waals surface area contributed by atoms with E-state index in [0.717, 1.165) is 17.1 Å². The summed E-state index contributed by atoms with van der Waals surface area (Å²) in [6, 6.07) is 5.09. The molecule has 0 amide bonds. The van der Waals surface area contributed by atoms with Crippen molar-refractivity contribution >= 4 is 23.5 Å². The Hall–Kier alpha value is -1.29. The zero-order valence-corrected chi connectivity index (χ0v) is 8.13. The minimum absolute atomic E-state index is 0.269. The van der Waals surface area contributed by atoms with Crippen LogP contribution in [0.3, 0.4) is 0 Å². The van der Waals surface area contributed by atoms with E-state index in [1.165, 1.54) is 5.56 Å². The summed E-state index contributed by atoms with van der Waals surface area (Å²) in [4.78, 5) is 22.6. The molecule has 2 rings (SSSR count). The number of hydrogen-bond acceptors (Lipinski definition) is 3. The van der Waals surface area contributed by atoms with Crippen molar-refractivity contribution in [1.29, 1.82) is 0 Å². The van der Waals surface area contributed by atoms with Crippen molar-refractivity contribution < 1.29 is 14.7 Å². The van der Waals surface area contributed by atoms with Crippen LogP contribution in [0.2, 0.25) is 0 Å². The predicted molar refractivity (Wildman–Crippen MR) is 52.8 cm³/mol. The number of carboxylic acid groups (broad SMARTS) is 1. The van der Waals surface area contributed by atoms with Gasteiger partial charge in [-0.05, 0) is 18.1 Å². The topological polar surface area (TPSA) is 54.4 Å². The van der Waals surface area contributed by atoms with Gasteiger partial charge in [-0.3, -0.25) is 4.79 Å². The molecule has 0 saturated carbocycles. The highest BCUT2D eigenvalue weighted by Gasteiger charge is 2.18. The standard InChI is InChI=1S/C10H8O3S/c11-9(10(12)13)7-2-1-6-3-4-14-8(6)5-7/h1-2,5H,3-4H2,(H,12,13). The monoisotopic (exact) mass is 208 g/mol. The van der Waals surface area contributed by atoms with Gasteiger partial charge in [-0.2, -0.15) is 0 Å². The first-order valence-corrected chi connectivity index (χ1v) is 5.20. The largest absolute Gasteiger partial charge is 0.475 e. The van der Waals surface area contributed by atoms with Crippen molar-refractivity contribution in [2.45, 2.75) is 11.3 Å². The SMILES string of the molecule is O=C(O)C(=O)c1ccc2c(c1)SCC2. The van der Waals surface area contributed by atoms with Gasteiger partial charge < -0.3 is 5.11 Å². The van der Waals surface area contributed by atoms with Crippen LogP contribution in [0.5, 0.6) is 0 Å². The molecule has 3 nitrogen and oxygen atoms in total. The second kappa shape index (κ2) is 3.46. The second-order valence-electron chi connectivity index (χ2n) is 3.06. The van der Waals surface area contributed by atoms with Gasteiger partial charge in [-0.25, -0.2) is 4.79 Å². The van der Waals surface area contributed by atoms with E-state index < -0.39 is 11.8 Å². The van der Waals surface area contributed by atoms with E-state index in [-0.39, 0.29) is 5.56 Å². The number of carbonyl (C=O) groups excluding carboxylic acids is 1. The van der Waals surface area contributed by atoms with E-state index in [2.05, 4.69) is 0 Å². The lowest BCUT2D eigenvalue weighted by molar-refractivity contribution is -0.131. The van der Waals surface area contributed by atoms with Crippen LogP contribution in [0.25, 0.3) is 0 Å². The molecule has 0 unspecified atom stereocenters. The van der Waals surface area contributed by atoms with Gasteiger partial charge in [0.1, 0.15) is 0 Å². The lowest BCUT2D eigenvalue weighted by Crippen LogP contribution is -2.12. The fourth-order valence-electron chi connectivity index (χ4n) is 1.43. The number of rotatable bonds is 2. The Morgan fingerprint density at radius 1 is 1.36 bits per heavy atom. The molecule has 0 saturated heterocycles. The first-order chi connectivity index (χ1) is 6.68. The lowest BCUT2D eigenvalue weighted by Gasteiger charge is -2.00. The maximum atomic E-state index is 11.1. The third-order valence-electron chi connectivity index (χ3n) is 2.15. The lowest BCUT2D eigenvalue weighted by atomic mass is 10.1. The Morgan fingerprint density at radius 2 is 2.14 bits per heavy atom. The average Bonchev–Trinajstić information content (AvgIpc) is 2.62. The Kier molecular flexibility index (Phi) is 2.29. The molecule has 0 aromatic heterocycles. The average molecular weight is 208 g/mol. The van der Waals surface area contributed by atoms with Gasteiger partial charge >= 0.3 is 5.97 Å². The summed E-state index contributed by atoms with van der Waals surface area (Å²) in [5, 5.41) is 8.53. The van der Waals surface area contributed by atoms with Crippen molar-refractivity contribution in [1.82, 2.24) is 0 Å². The van der Waals surface area contributed by atoms with Gasteiger partial charge in [0.2, 0.25) is 0 Å². The highest BCUT2D eigenvalue weighted by atomic mass is 32.2. The molecule has 0 fully saturated rings. The molecule has 1 N–H and O–H groups in total. The highest BCUT2D eigenvalue weighted by Crippen LogP contribution is 2.31. The number of benzene rings is 1. The Morgan fingerprint density at radius 3 is 2.86 bits per heavy atom. The summed E-state index contributed by atoms with van der Waals surface area (Å²) in [6.07, 6.45) is 1.00. The maximum absolute atomic E-state index is 11.1. The van der Waals surface area contributed by atoms with E-state index in [1.807, 2.05) is 6.07 Å². The molecule has 4 heteroatoms. The number of aliphatic carboxylic acids is 1. The smallest absolute Gasteiger partial charge is 0.377 e. The summed E-state index contributed by atoms with van der Waals surface area (Å²) >= 11 is 1.67. The van der Waals surface area contributed by atoms with Crippen molar-refractivity contribution in [3.8, 4) is 0 Å².